The monoisotopic (exact) mass is 495 g/mol. The Bertz CT molecular complexity index is 1230. The third kappa shape index (κ3) is 5.06. The van der Waals surface area contributed by atoms with Gasteiger partial charge in [0.25, 0.3) is 5.69 Å². The summed E-state index contributed by atoms with van der Waals surface area (Å²) in [7, 11) is -3.76. The minimum Gasteiger partial charge on any atom is -0.356 e. The Morgan fingerprint density at radius 1 is 1.16 bits per heavy atom. The normalized spacial score (nSPS) is 14.5. The van der Waals surface area contributed by atoms with Crippen molar-refractivity contribution in [1.82, 2.24) is 14.5 Å². The van der Waals surface area contributed by atoms with Gasteiger partial charge >= 0.3 is 0 Å². The van der Waals surface area contributed by atoms with Gasteiger partial charge in [-0.2, -0.15) is 4.31 Å². The standard InChI is InChI=1S/C19H18FN5O4S3/c20-14-5-3-13(4-6-14)12-21-18-22-23-19(31-18)30-17-8-7-15(11-16(17)25(26)27)32(28,29)24-9-1-2-10-24/h3-8,11H,1-2,9-10,12H2,(H,21,22). The van der Waals surface area contributed by atoms with Crippen molar-refractivity contribution in [2.75, 3.05) is 18.4 Å². The van der Waals surface area contributed by atoms with E-state index in [0.717, 1.165) is 36.2 Å². The Labute approximate surface area is 191 Å². The van der Waals surface area contributed by atoms with Gasteiger partial charge in [-0.25, -0.2) is 12.8 Å². The molecule has 1 saturated heterocycles. The Balaban J connectivity index is 1.49. The molecule has 0 spiro atoms. The summed E-state index contributed by atoms with van der Waals surface area (Å²) in [4.78, 5) is 11.2. The zero-order chi connectivity index (χ0) is 22.7. The van der Waals surface area contributed by atoms with Crippen molar-refractivity contribution in [2.45, 2.75) is 33.5 Å². The predicted molar refractivity (Wildman–Crippen MR) is 119 cm³/mol. The second-order valence-electron chi connectivity index (χ2n) is 6.95. The van der Waals surface area contributed by atoms with E-state index >= 15 is 0 Å². The van der Waals surface area contributed by atoms with Gasteiger partial charge in [-0.15, -0.1) is 10.2 Å². The number of halogens is 1. The fourth-order valence-electron chi connectivity index (χ4n) is 3.16. The number of sulfonamides is 1. The fraction of sp³-hybridized carbons (Fsp3) is 0.263. The van der Waals surface area contributed by atoms with Gasteiger partial charge in [0.2, 0.25) is 15.2 Å². The molecule has 32 heavy (non-hydrogen) atoms. The summed E-state index contributed by atoms with van der Waals surface area (Å²) < 4.78 is 40.3. The number of benzene rings is 2. The lowest BCUT2D eigenvalue weighted by molar-refractivity contribution is -0.388. The highest BCUT2D eigenvalue weighted by molar-refractivity contribution is 8.01. The van der Waals surface area contributed by atoms with Crippen LogP contribution in [0.25, 0.3) is 0 Å². The van der Waals surface area contributed by atoms with Crippen molar-refractivity contribution in [1.29, 1.82) is 0 Å². The van der Waals surface area contributed by atoms with Gasteiger partial charge in [-0.3, -0.25) is 10.1 Å². The van der Waals surface area contributed by atoms with E-state index in [0.29, 0.717) is 29.1 Å². The lowest BCUT2D eigenvalue weighted by atomic mass is 10.2. The highest BCUT2D eigenvalue weighted by Crippen LogP contribution is 2.38. The summed E-state index contributed by atoms with van der Waals surface area (Å²) in [6.45, 7) is 1.26. The molecule has 2 aromatic carbocycles. The molecule has 1 aliphatic rings. The van der Waals surface area contributed by atoms with Crippen molar-refractivity contribution < 1.29 is 17.7 Å². The number of anilines is 1. The number of hydrogen-bond donors (Lipinski definition) is 1. The summed E-state index contributed by atoms with van der Waals surface area (Å²) in [5.41, 5.74) is 0.563. The van der Waals surface area contributed by atoms with Crippen LogP contribution in [0.2, 0.25) is 0 Å². The van der Waals surface area contributed by atoms with Crippen LogP contribution in [0.1, 0.15) is 18.4 Å². The number of rotatable bonds is 8. The second kappa shape index (κ2) is 9.48. The number of nitro benzene ring substituents is 1. The molecule has 1 aliphatic heterocycles. The lowest BCUT2D eigenvalue weighted by Crippen LogP contribution is -2.27. The molecule has 2 heterocycles. The van der Waals surface area contributed by atoms with Crippen LogP contribution in [0.3, 0.4) is 0 Å². The molecule has 13 heteroatoms. The number of aromatic nitrogens is 2. The number of nitro groups is 1. The van der Waals surface area contributed by atoms with E-state index in [1.165, 1.54) is 39.9 Å². The molecule has 0 unspecified atom stereocenters. The summed E-state index contributed by atoms with van der Waals surface area (Å²) in [5.74, 6) is -0.316. The van der Waals surface area contributed by atoms with Crippen molar-refractivity contribution in [2.24, 2.45) is 0 Å². The van der Waals surface area contributed by atoms with E-state index in [2.05, 4.69) is 15.5 Å². The van der Waals surface area contributed by atoms with E-state index in [4.69, 9.17) is 0 Å². The average molecular weight is 496 g/mol. The summed E-state index contributed by atoms with van der Waals surface area (Å²) in [5, 5.41) is 23.2. The number of nitrogens with one attached hydrogen (secondary N) is 1. The van der Waals surface area contributed by atoms with Gasteiger partial charge in [0, 0.05) is 25.7 Å². The molecule has 1 fully saturated rings. The zero-order valence-electron chi connectivity index (χ0n) is 16.6. The van der Waals surface area contributed by atoms with Crippen LogP contribution < -0.4 is 5.32 Å². The molecule has 0 radical (unpaired) electrons. The molecule has 0 bridgehead atoms. The van der Waals surface area contributed by atoms with E-state index < -0.39 is 14.9 Å². The van der Waals surface area contributed by atoms with Crippen LogP contribution in [-0.4, -0.2) is 40.9 Å². The maximum Gasteiger partial charge on any atom is 0.284 e. The fourth-order valence-corrected chi connectivity index (χ4v) is 6.49. The van der Waals surface area contributed by atoms with Crippen LogP contribution in [0.15, 0.2) is 56.6 Å². The largest absolute Gasteiger partial charge is 0.356 e. The zero-order valence-corrected chi connectivity index (χ0v) is 19.1. The first-order valence-corrected chi connectivity index (χ1v) is 12.7. The molecule has 0 aliphatic carbocycles. The third-order valence-electron chi connectivity index (χ3n) is 4.79. The first-order chi connectivity index (χ1) is 15.3. The highest BCUT2D eigenvalue weighted by atomic mass is 32.2. The van der Waals surface area contributed by atoms with Crippen molar-refractivity contribution in [3.8, 4) is 0 Å². The highest BCUT2D eigenvalue weighted by Gasteiger charge is 2.29. The summed E-state index contributed by atoms with van der Waals surface area (Å²) in [6, 6.07) is 9.96. The van der Waals surface area contributed by atoms with Gasteiger partial charge in [-0.1, -0.05) is 23.5 Å². The van der Waals surface area contributed by atoms with Crippen LogP contribution in [0, 0.1) is 15.9 Å². The Hall–Kier alpha value is -2.61. The molecule has 0 atom stereocenters. The predicted octanol–water partition coefficient (Wildman–Crippen LogP) is 4.13. The van der Waals surface area contributed by atoms with Crippen molar-refractivity contribution >= 4 is 43.9 Å². The topological polar surface area (TPSA) is 118 Å². The quantitative estimate of drug-likeness (QED) is 0.366. The molecule has 168 valence electrons. The summed E-state index contributed by atoms with van der Waals surface area (Å²) >= 11 is 2.25. The van der Waals surface area contributed by atoms with Crippen LogP contribution in [-0.2, 0) is 16.6 Å². The smallest absolute Gasteiger partial charge is 0.284 e. The molecule has 1 aromatic heterocycles. The summed E-state index contributed by atoms with van der Waals surface area (Å²) in [6.07, 6.45) is 1.56. The maximum absolute atomic E-state index is 13.0. The third-order valence-corrected chi connectivity index (χ3v) is 8.68. The Morgan fingerprint density at radius 2 is 1.88 bits per heavy atom. The van der Waals surface area contributed by atoms with Crippen LogP contribution in [0.4, 0.5) is 15.2 Å². The molecular weight excluding hydrogens is 477 g/mol. The van der Waals surface area contributed by atoms with Gasteiger partial charge in [0.15, 0.2) is 4.34 Å². The maximum atomic E-state index is 13.0. The van der Waals surface area contributed by atoms with Gasteiger partial charge in [-0.05, 0) is 54.4 Å². The first kappa shape index (κ1) is 22.6. The molecule has 1 N–H and O–H groups in total. The minimum atomic E-state index is -3.76. The Morgan fingerprint density at radius 3 is 2.56 bits per heavy atom. The van der Waals surface area contributed by atoms with E-state index in [1.807, 2.05) is 0 Å². The molecule has 0 amide bonds. The van der Waals surface area contributed by atoms with Gasteiger partial charge in [0.1, 0.15) is 5.82 Å². The molecular formula is C19H18FN5O4S3. The van der Waals surface area contributed by atoms with E-state index in [9.17, 15) is 22.9 Å². The lowest BCUT2D eigenvalue weighted by Gasteiger charge is -2.15. The van der Waals surface area contributed by atoms with Gasteiger partial charge in [0.05, 0.1) is 14.7 Å². The number of nitrogens with zero attached hydrogens (tertiary/aromatic N) is 4. The Kier molecular flexibility index (Phi) is 6.69. The molecule has 9 nitrogen and oxygen atoms in total. The van der Waals surface area contributed by atoms with Gasteiger partial charge < -0.3 is 5.32 Å². The van der Waals surface area contributed by atoms with Crippen LogP contribution in [0.5, 0.6) is 0 Å². The molecule has 0 saturated carbocycles. The second-order valence-corrected chi connectivity index (χ2v) is 11.2. The number of hydrogen-bond acceptors (Lipinski definition) is 9. The first-order valence-electron chi connectivity index (χ1n) is 9.61. The van der Waals surface area contributed by atoms with E-state index in [1.54, 1.807) is 12.1 Å². The van der Waals surface area contributed by atoms with Crippen LogP contribution >= 0.6 is 23.1 Å². The average Bonchev–Trinajstić information content (AvgIpc) is 3.46. The van der Waals surface area contributed by atoms with E-state index in [-0.39, 0.29) is 21.3 Å². The SMILES string of the molecule is O=[N+]([O-])c1cc(S(=O)(=O)N2CCCC2)ccc1Sc1nnc(NCc2ccc(F)cc2)s1. The van der Waals surface area contributed by atoms with Crippen molar-refractivity contribution in [3.05, 3.63) is 64.0 Å². The van der Waals surface area contributed by atoms with Crippen molar-refractivity contribution in [3.63, 3.8) is 0 Å². The minimum absolute atomic E-state index is 0.0885. The molecule has 3 aromatic rings. The molecule has 4 rings (SSSR count).